The number of phosphoric acid groups is 1. The van der Waals surface area contributed by atoms with Crippen molar-refractivity contribution in [2.24, 2.45) is 0 Å². The Labute approximate surface area is 151 Å². The molecule has 11 heteroatoms. The number of phosphoric ester groups is 1. The van der Waals surface area contributed by atoms with Crippen molar-refractivity contribution in [3.8, 4) is 0 Å². The van der Waals surface area contributed by atoms with Gasteiger partial charge in [0, 0.05) is 18.7 Å². The summed E-state index contributed by atoms with van der Waals surface area (Å²) in [6, 6.07) is 0. The Balaban J connectivity index is 4.41. The van der Waals surface area contributed by atoms with Gasteiger partial charge in [0.15, 0.2) is 0 Å². The quantitative estimate of drug-likeness (QED) is 0.187. The monoisotopic (exact) mass is 391 g/mol. The van der Waals surface area contributed by atoms with Crippen LogP contribution in [0.2, 0.25) is 0 Å². The number of esters is 2. The predicted octanol–water partition coefficient (Wildman–Crippen LogP) is 0.905. The maximum Gasteiger partial charge on any atom is 0.475 e. The Morgan fingerprint density at radius 1 is 0.769 bits per heavy atom. The van der Waals surface area contributed by atoms with Gasteiger partial charge in [0.05, 0.1) is 19.8 Å². The fourth-order valence-corrected chi connectivity index (χ4v) is 2.35. The van der Waals surface area contributed by atoms with Gasteiger partial charge in [-0.3, -0.25) is 18.4 Å². The van der Waals surface area contributed by atoms with Gasteiger partial charge in [-0.1, -0.05) is 19.7 Å². The molecule has 0 radical (unpaired) electrons. The fourth-order valence-electron chi connectivity index (χ4n) is 1.22. The average Bonchev–Trinajstić information content (AvgIpc) is 2.65. The van der Waals surface area contributed by atoms with Gasteiger partial charge < -0.3 is 14.8 Å². The van der Waals surface area contributed by atoms with E-state index < -0.39 is 25.7 Å². The molecule has 146 valence electrons. The van der Waals surface area contributed by atoms with Gasteiger partial charge in [0.2, 0.25) is 5.91 Å². The van der Waals surface area contributed by atoms with Gasteiger partial charge in [-0.15, -0.1) is 0 Å². The number of rotatable bonds is 15. The Morgan fingerprint density at radius 3 is 1.65 bits per heavy atom. The Hall–Kier alpha value is -2.26. The lowest BCUT2D eigenvalue weighted by atomic mass is 10.5. The number of carbonyl (C=O) groups excluding carboxylic acids is 3. The van der Waals surface area contributed by atoms with Crippen molar-refractivity contribution in [1.82, 2.24) is 5.32 Å². The van der Waals surface area contributed by atoms with Crippen molar-refractivity contribution >= 4 is 25.7 Å². The Bertz CT molecular complexity index is 485. The number of hydrogen-bond donors (Lipinski definition) is 1. The van der Waals surface area contributed by atoms with Crippen molar-refractivity contribution < 1.29 is 42.0 Å². The van der Waals surface area contributed by atoms with Gasteiger partial charge in [0.25, 0.3) is 0 Å². The predicted molar refractivity (Wildman–Crippen MR) is 91.0 cm³/mol. The largest absolute Gasteiger partial charge is 0.475 e. The van der Waals surface area contributed by atoms with Crippen molar-refractivity contribution in [3.63, 3.8) is 0 Å². The minimum Gasteiger partial charge on any atom is -0.460 e. The summed E-state index contributed by atoms with van der Waals surface area (Å²) in [5.74, 6) is -1.78. The zero-order valence-electron chi connectivity index (χ0n) is 14.2. The number of carbonyl (C=O) groups is 3. The smallest absolute Gasteiger partial charge is 0.460 e. The van der Waals surface area contributed by atoms with Crippen LogP contribution < -0.4 is 5.32 Å². The zero-order chi connectivity index (χ0) is 19.8. The first kappa shape index (κ1) is 23.7. The van der Waals surface area contributed by atoms with E-state index in [-0.39, 0.29) is 39.6 Å². The van der Waals surface area contributed by atoms with E-state index in [2.05, 4.69) is 34.5 Å². The molecule has 10 nitrogen and oxygen atoms in total. The van der Waals surface area contributed by atoms with Gasteiger partial charge in [-0.25, -0.2) is 14.2 Å². The van der Waals surface area contributed by atoms with E-state index in [9.17, 15) is 18.9 Å². The van der Waals surface area contributed by atoms with Gasteiger partial charge in [0.1, 0.15) is 13.2 Å². The second-order valence-electron chi connectivity index (χ2n) is 4.19. The average molecular weight is 391 g/mol. The highest BCUT2D eigenvalue weighted by atomic mass is 31.2. The van der Waals surface area contributed by atoms with Crippen molar-refractivity contribution in [2.75, 3.05) is 39.6 Å². The molecule has 0 spiro atoms. The third kappa shape index (κ3) is 12.2. The molecule has 0 aliphatic carbocycles. The highest BCUT2D eigenvalue weighted by Gasteiger charge is 2.27. The number of amides is 1. The van der Waals surface area contributed by atoms with Gasteiger partial charge in [-0.05, 0) is 6.08 Å². The second-order valence-corrected chi connectivity index (χ2v) is 5.85. The number of nitrogens with one attached hydrogen (secondary N) is 1. The summed E-state index contributed by atoms with van der Waals surface area (Å²) in [5.41, 5.74) is 0. The lowest BCUT2D eigenvalue weighted by molar-refractivity contribution is -0.139. The SMILES string of the molecule is C=CC(=O)NCCOP(=O)(OCCOC(=O)C=C)OCCOC(=O)C=C. The molecule has 0 bridgehead atoms. The third-order valence-corrected chi connectivity index (χ3v) is 3.82. The second kappa shape index (κ2) is 14.0. The molecule has 0 fully saturated rings. The summed E-state index contributed by atoms with van der Waals surface area (Å²) in [7, 11) is -4.04. The first-order chi connectivity index (χ1) is 12.4. The number of ether oxygens (including phenoxy) is 2. The first-order valence-corrected chi connectivity index (χ1v) is 8.85. The molecule has 0 atom stereocenters. The molecular weight excluding hydrogens is 369 g/mol. The van der Waals surface area contributed by atoms with Crippen LogP contribution in [0, 0.1) is 0 Å². The lowest BCUT2D eigenvalue weighted by Gasteiger charge is -2.18. The van der Waals surface area contributed by atoms with E-state index in [0.717, 1.165) is 18.2 Å². The molecule has 0 heterocycles. The molecule has 0 aromatic heterocycles. The van der Waals surface area contributed by atoms with Crippen LogP contribution in [0.1, 0.15) is 0 Å². The normalized spacial score (nSPS) is 10.5. The molecule has 26 heavy (non-hydrogen) atoms. The molecule has 0 saturated heterocycles. The number of hydrogen-bond acceptors (Lipinski definition) is 9. The summed E-state index contributed by atoms with van der Waals surface area (Å²) in [6.45, 7) is 8.59. The molecule has 0 aromatic carbocycles. The van der Waals surface area contributed by atoms with E-state index in [1.807, 2.05) is 0 Å². The van der Waals surface area contributed by atoms with E-state index in [1.54, 1.807) is 0 Å². The zero-order valence-corrected chi connectivity index (χ0v) is 15.1. The van der Waals surface area contributed by atoms with Crippen molar-refractivity contribution in [2.45, 2.75) is 0 Å². The lowest BCUT2D eigenvalue weighted by Crippen LogP contribution is -2.25. The van der Waals surface area contributed by atoms with Crippen LogP contribution in [0.15, 0.2) is 38.0 Å². The molecular formula is C15H22NO9P. The summed E-state index contributed by atoms with van der Waals surface area (Å²) in [5, 5.41) is 2.41. The Kier molecular flexibility index (Phi) is 12.8. The van der Waals surface area contributed by atoms with Crippen LogP contribution in [0.25, 0.3) is 0 Å². The first-order valence-electron chi connectivity index (χ1n) is 7.39. The summed E-state index contributed by atoms with van der Waals surface area (Å²) in [6.07, 6.45) is 2.99. The molecule has 1 N–H and O–H groups in total. The molecule has 0 aliphatic heterocycles. The van der Waals surface area contributed by atoms with Crippen molar-refractivity contribution in [3.05, 3.63) is 38.0 Å². The highest BCUT2D eigenvalue weighted by Crippen LogP contribution is 2.49. The van der Waals surface area contributed by atoms with Gasteiger partial charge >= 0.3 is 19.8 Å². The van der Waals surface area contributed by atoms with Crippen LogP contribution in [0.4, 0.5) is 0 Å². The van der Waals surface area contributed by atoms with Crippen LogP contribution in [0.5, 0.6) is 0 Å². The summed E-state index contributed by atoms with van der Waals surface area (Å²) >= 11 is 0. The standard InChI is InChI=1S/C15H22NO9P/c1-4-13(17)16-7-8-23-26(20,24-11-9-21-14(18)5-2)25-12-10-22-15(19)6-3/h4-6H,1-3,7-12H2,(H,16,17). The van der Waals surface area contributed by atoms with E-state index in [4.69, 9.17) is 13.6 Å². The van der Waals surface area contributed by atoms with Gasteiger partial charge in [-0.2, -0.15) is 0 Å². The molecule has 0 saturated carbocycles. The van der Waals surface area contributed by atoms with E-state index in [0.29, 0.717) is 0 Å². The fraction of sp³-hybridized carbons (Fsp3) is 0.400. The van der Waals surface area contributed by atoms with Crippen molar-refractivity contribution in [1.29, 1.82) is 0 Å². The Morgan fingerprint density at radius 2 is 1.23 bits per heavy atom. The van der Waals surface area contributed by atoms with Crippen LogP contribution in [0.3, 0.4) is 0 Å². The van der Waals surface area contributed by atoms with Crippen LogP contribution in [-0.2, 0) is 42.0 Å². The maximum atomic E-state index is 12.4. The van der Waals surface area contributed by atoms with Crippen LogP contribution in [-0.4, -0.2) is 57.4 Å². The molecule has 0 aliphatic rings. The topological polar surface area (TPSA) is 126 Å². The minimum absolute atomic E-state index is 0.0263. The third-order valence-electron chi connectivity index (χ3n) is 2.32. The van der Waals surface area contributed by atoms with Crippen LogP contribution >= 0.6 is 7.82 Å². The molecule has 0 aromatic rings. The minimum atomic E-state index is -4.04. The van der Waals surface area contributed by atoms with E-state index >= 15 is 0 Å². The molecule has 0 rings (SSSR count). The summed E-state index contributed by atoms with van der Waals surface area (Å²) < 4.78 is 36.8. The van der Waals surface area contributed by atoms with E-state index in [1.165, 1.54) is 0 Å². The highest BCUT2D eigenvalue weighted by molar-refractivity contribution is 7.48. The maximum absolute atomic E-state index is 12.4. The molecule has 1 amide bonds. The molecule has 0 unspecified atom stereocenters. The summed E-state index contributed by atoms with van der Waals surface area (Å²) in [4.78, 5) is 32.8.